The molecule has 0 bridgehead atoms. The number of hydrogen-bond acceptors (Lipinski definition) is 4. The zero-order valence-electron chi connectivity index (χ0n) is 16.3. The Morgan fingerprint density at radius 2 is 1.80 bits per heavy atom. The molecule has 3 aromatic carbocycles. The van der Waals surface area contributed by atoms with Gasteiger partial charge in [0.25, 0.3) is 5.91 Å². The van der Waals surface area contributed by atoms with E-state index in [0.29, 0.717) is 45.9 Å². The van der Waals surface area contributed by atoms with Gasteiger partial charge in [-0.05, 0) is 55.5 Å². The second-order valence-corrected chi connectivity index (χ2v) is 7.06. The van der Waals surface area contributed by atoms with Gasteiger partial charge >= 0.3 is 0 Å². The summed E-state index contributed by atoms with van der Waals surface area (Å²) in [5.41, 5.74) is 4.46. The maximum absolute atomic E-state index is 12.3. The second-order valence-electron chi connectivity index (χ2n) is 6.22. The molecule has 0 aliphatic heterocycles. The molecule has 1 amide bonds. The summed E-state index contributed by atoms with van der Waals surface area (Å²) in [6.45, 7) is 2.76. The van der Waals surface area contributed by atoms with Crippen molar-refractivity contribution in [3.8, 4) is 11.5 Å². The third-order valence-electron chi connectivity index (χ3n) is 4.11. The minimum absolute atomic E-state index is 0.292. The molecule has 30 heavy (non-hydrogen) atoms. The number of benzene rings is 3. The molecule has 5 nitrogen and oxygen atoms in total. The van der Waals surface area contributed by atoms with Gasteiger partial charge in [-0.25, -0.2) is 5.43 Å². The molecule has 0 unspecified atom stereocenters. The molecule has 154 valence electrons. The zero-order chi connectivity index (χ0) is 21.3. The van der Waals surface area contributed by atoms with Gasteiger partial charge < -0.3 is 9.47 Å². The van der Waals surface area contributed by atoms with E-state index in [4.69, 9.17) is 32.7 Å². The highest BCUT2D eigenvalue weighted by molar-refractivity contribution is 6.31. The predicted molar refractivity (Wildman–Crippen MR) is 120 cm³/mol. The average molecular weight is 443 g/mol. The van der Waals surface area contributed by atoms with E-state index in [0.717, 1.165) is 5.56 Å². The lowest BCUT2D eigenvalue weighted by molar-refractivity contribution is 0.0955. The molecule has 3 rings (SSSR count). The first-order valence-electron chi connectivity index (χ1n) is 9.29. The first-order chi connectivity index (χ1) is 14.6. The van der Waals surface area contributed by atoms with Crippen LogP contribution in [0.2, 0.25) is 10.0 Å². The molecule has 0 aromatic heterocycles. The van der Waals surface area contributed by atoms with E-state index in [-0.39, 0.29) is 5.91 Å². The van der Waals surface area contributed by atoms with Crippen LogP contribution < -0.4 is 14.9 Å². The normalized spacial score (nSPS) is 10.8. The summed E-state index contributed by atoms with van der Waals surface area (Å²) in [5, 5.41) is 5.19. The minimum atomic E-state index is -0.338. The summed E-state index contributed by atoms with van der Waals surface area (Å²) < 4.78 is 11.2. The summed E-state index contributed by atoms with van der Waals surface area (Å²) in [6.07, 6.45) is 1.49. The van der Waals surface area contributed by atoms with Crippen LogP contribution in [0.5, 0.6) is 11.5 Å². The lowest BCUT2D eigenvalue weighted by Gasteiger charge is -2.10. The van der Waals surface area contributed by atoms with E-state index in [2.05, 4.69) is 10.5 Å². The summed E-state index contributed by atoms with van der Waals surface area (Å²) in [4.78, 5) is 12.3. The molecule has 0 saturated heterocycles. The van der Waals surface area contributed by atoms with Crippen LogP contribution in [0.3, 0.4) is 0 Å². The van der Waals surface area contributed by atoms with Crippen LogP contribution in [-0.4, -0.2) is 18.7 Å². The highest BCUT2D eigenvalue weighted by Crippen LogP contribution is 2.24. The van der Waals surface area contributed by atoms with Gasteiger partial charge in [0, 0.05) is 26.7 Å². The molecular formula is C23H20Cl2N2O3. The average Bonchev–Trinajstić information content (AvgIpc) is 2.75. The molecule has 0 fully saturated rings. The number of nitrogens with zero attached hydrogens (tertiary/aromatic N) is 1. The highest BCUT2D eigenvalue weighted by Gasteiger charge is 2.07. The maximum atomic E-state index is 12.3. The predicted octanol–water partition coefficient (Wildman–Crippen LogP) is 5.74. The summed E-state index contributed by atoms with van der Waals surface area (Å²) in [6, 6.07) is 19.4. The van der Waals surface area contributed by atoms with Crippen molar-refractivity contribution in [1.82, 2.24) is 5.43 Å². The minimum Gasteiger partial charge on any atom is -0.494 e. The van der Waals surface area contributed by atoms with E-state index in [1.807, 2.05) is 25.1 Å². The fraction of sp³-hybridized carbons (Fsp3) is 0.130. The molecule has 0 saturated carbocycles. The van der Waals surface area contributed by atoms with Crippen molar-refractivity contribution in [3.63, 3.8) is 0 Å². The molecule has 0 aliphatic carbocycles. The molecule has 0 atom stereocenters. The van der Waals surface area contributed by atoms with Crippen molar-refractivity contribution in [2.75, 3.05) is 6.61 Å². The third kappa shape index (κ3) is 5.99. The Kier molecular flexibility index (Phi) is 7.71. The molecule has 0 radical (unpaired) electrons. The smallest absolute Gasteiger partial charge is 0.271 e. The van der Waals surface area contributed by atoms with Crippen LogP contribution in [0.15, 0.2) is 71.8 Å². The number of amides is 1. The van der Waals surface area contributed by atoms with Gasteiger partial charge in [0.1, 0.15) is 18.1 Å². The Morgan fingerprint density at radius 3 is 2.53 bits per heavy atom. The van der Waals surface area contributed by atoms with Crippen LogP contribution in [0, 0.1) is 0 Å². The lowest BCUT2D eigenvalue weighted by Crippen LogP contribution is -2.17. The Bertz CT molecular complexity index is 1040. The van der Waals surface area contributed by atoms with E-state index in [1.165, 1.54) is 6.21 Å². The fourth-order valence-corrected chi connectivity index (χ4v) is 2.99. The Morgan fingerprint density at radius 1 is 1.03 bits per heavy atom. The van der Waals surface area contributed by atoms with Gasteiger partial charge in [0.2, 0.25) is 0 Å². The van der Waals surface area contributed by atoms with Crippen LogP contribution >= 0.6 is 23.2 Å². The van der Waals surface area contributed by atoms with E-state index in [9.17, 15) is 4.79 Å². The molecule has 0 heterocycles. The number of nitrogens with one attached hydrogen (secondary N) is 1. The van der Waals surface area contributed by atoms with Crippen molar-refractivity contribution in [3.05, 3.63) is 93.5 Å². The van der Waals surface area contributed by atoms with E-state index in [1.54, 1.807) is 48.5 Å². The van der Waals surface area contributed by atoms with Gasteiger partial charge in [0.05, 0.1) is 12.8 Å². The molecular weight excluding hydrogens is 423 g/mol. The van der Waals surface area contributed by atoms with Crippen LogP contribution in [0.4, 0.5) is 0 Å². The number of halogens is 2. The molecule has 7 heteroatoms. The number of hydrazone groups is 1. The first kappa shape index (κ1) is 21.7. The zero-order valence-corrected chi connectivity index (χ0v) is 17.8. The van der Waals surface area contributed by atoms with Gasteiger partial charge in [-0.15, -0.1) is 0 Å². The van der Waals surface area contributed by atoms with Crippen molar-refractivity contribution in [1.29, 1.82) is 0 Å². The van der Waals surface area contributed by atoms with Gasteiger partial charge in [-0.3, -0.25) is 4.79 Å². The number of hydrogen-bond donors (Lipinski definition) is 1. The topological polar surface area (TPSA) is 59.9 Å². The summed E-state index contributed by atoms with van der Waals surface area (Å²) in [5.74, 6) is 0.935. The van der Waals surface area contributed by atoms with Crippen molar-refractivity contribution in [2.45, 2.75) is 13.5 Å². The quantitative estimate of drug-likeness (QED) is 0.357. The SMILES string of the molecule is CCOc1ccc(C(=O)N/N=C\c2cc(Cl)ccc2OCc2ccccc2Cl)cc1. The number of carbonyl (C=O) groups is 1. The van der Waals surface area contributed by atoms with Crippen LogP contribution in [0.25, 0.3) is 0 Å². The van der Waals surface area contributed by atoms with Crippen molar-refractivity contribution < 1.29 is 14.3 Å². The van der Waals surface area contributed by atoms with Crippen molar-refractivity contribution in [2.24, 2.45) is 5.10 Å². The molecule has 0 spiro atoms. The number of carbonyl (C=O) groups excluding carboxylic acids is 1. The molecule has 0 aliphatic rings. The first-order valence-corrected chi connectivity index (χ1v) is 10.0. The number of rotatable bonds is 8. The van der Waals surface area contributed by atoms with Gasteiger partial charge in [0.15, 0.2) is 0 Å². The second kappa shape index (κ2) is 10.7. The monoisotopic (exact) mass is 442 g/mol. The van der Waals surface area contributed by atoms with Crippen LogP contribution in [0.1, 0.15) is 28.4 Å². The van der Waals surface area contributed by atoms with Crippen molar-refractivity contribution >= 4 is 35.3 Å². The Hall–Kier alpha value is -3.02. The highest BCUT2D eigenvalue weighted by atomic mass is 35.5. The standard InChI is InChI=1S/C23H20Cl2N2O3/c1-2-29-20-10-7-16(8-11-20)23(28)27-26-14-18-13-19(24)9-12-22(18)30-15-17-5-3-4-6-21(17)25/h3-14H,2,15H2,1H3,(H,27,28)/b26-14-. The fourth-order valence-electron chi connectivity index (χ4n) is 2.62. The summed E-state index contributed by atoms with van der Waals surface area (Å²) in [7, 11) is 0. The van der Waals surface area contributed by atoms with E-state index < -0.39 is 0 Å². The Labute approximate surface area is 185 Å². The summed E-state index contributed by atoms with van der Waals surface area (Å²) >= 11 is 12.3. The number of ether oxygens (including phenoxy) is 2. The lowest BCUT2D eigenvalue weighted by atomic mass is 10.2. The largest absolute Gasteiger partial charge is 0.494 e. The molecule has 1 N–H and O–H groups in total. The van der Waals surface area contributed by atoms with Crippen LogP contribution in [-0.2, 0) is 6.61 Å². The van der Waals surface area contributed by atoms with E-state index >= 15 is 0 Å². The molecule has 3 aromatic rings. The third-order valence-corrected chi connectivity index (χ3v) is 4.71. The van der Waals surface area contributed by atoms with Gasteiger partial charge in [-0.2, -0.15) is 5.10 Å². The Balaban J connectivity index is 1.66. The maximum Gasteiger partial charge on any atom is 0.271 e. The van der Waals surface area contributed by atoms with Gasteiger partial charge in [-0.1, -0.05) is 41.4 Å².